The van der Waals surface area contributed by atoms with Crippen molar-refractivity contribution in [3.05, 3.63) is 48.3 Å². The highest BCUT2D eigenvalue weighted by atomic mass is 35.5. The van der Waals surface area contributed by atoms with Gasteiger partial charge >= 0.3 is 0 Å². The molecule has 3 heteroatoms. The normalized spacial score (nSPS) is 9.56. The van der Waals surface area contributed by atoms with Crippen molar-refractivity contribution in [3.63, 3.8) is 0 Å². The maximum Gasteiger partial charge on any atom is 0.0646 e. The Labute approximate surface area is 99.9 Å². The Kier molecular flexibility index (Phi) is 3.63. The molecule has 0 fully saturated rings. The summed E-state index contributed by atoms with van der Waals surface area (Å²) < 4.78 is 1.82. The number of nitrogens with zero attached hydrogens (tertiary/aromatic N) is 2. The number of alkyl halides is 1. The summed E-state index contributed by atoms with van der Waals surface area (Å²) in [5.74, 6) is 6.64. The molecule has 0 radical (unpaired) electrons. The first-order valence-corrected chi connectivity index (χ1v) is 5.58. The second-order valence-electron chi connectivity index (χ2n) is 3.24. The SMILES string of the molecule is ClCCC#Cc1ccc(-n2cccn2)cc1. The average Bonchev–Trinajstić information content (AvgIpc) is 2.84. The topological polar surface area (TPSA) is 17.8 Å². The van der Waals surface area contributed by atoms with E-state index in [0.29, 0.717) is 5.88 Å². The van der Waals surface area contributed by atoms with Crippen LogP contribution in [-0.4, -0.2) is 15.7 Å². The van der Waals surface area contributed by atoms with Crippen molar-refractivity contribution < 1.29 is 0 Å². The van der Waals surface area contributed by atoms with E-state index in [9.17, 15) is 0 Å². The third-order valence-corrected chi connectivity index (χ3v) is 2.28. The summed E-state index contributed by atoms with van der Waals surface area (Å²) in [7, 11) is 0. The van der Waals surface area contributed by atoms with E-state index in [4.69, 9.17) is 11.6 Å². The molecule has 2 rings (SSSR count). The molecule has 2 nitrogen and oxygen atoms in total. The molecule has 1 aromatic carbocycles. The van der Waals surface area contributed by atoms with Crippen molar-refractivity contribution in [1.29, 1.82) is 0 Å². The van der Waals surface area contributed by atoms with Gasteiger partial charge in [-0.05, 0) is 30.3 Å². The fourth-order valence-corrected chi connectivity index (χ4v) is 1.43. The number of halogens is 1. The van der Waals surface area contributed by atoms with Crippen LogP contribution in [0.3, 0.4) is 0 Å². The lowest BCUT2D eigenvalue weighted by molar-refractivity contribution is 0.880. The van der Waals surface area contributed by atoms with Gasteiger partial charge in [-0.1, -0.05) is 11.8 Å². The largest absolute Gasteiger partial charge is 0.241 e. The molecule has 0 bridgehead atoms. The summed E-state index contributed by atoms with van der Waals surface area (Å²) in [5, 5.41) is 4.15. The number of aromatic nitrogens is 2. The van der Waals surface area contributed by atoms with Gasteiger partial charge in [-0.2, -0.15) is 5.10 Å². The molecule has 1 aromatic heterocycles. The molecule has 0 unspecified atom stereocenters. The monoisotopic (exact) mass is 230 g/mol. The van der Waals surface area contributed by atoms with Crippen molar-refractivity contribution in [1.82, 2.24) is 9.78 Å². The molecule has 0 saturated heterocycles. The zero-order chi connectivity index (χ0) is 11.2. The predicted molar refractivity (Wildman–Crippen MR) is 65.8 cm³/mol. The summed E-state index contributed by atoms with van der Waals surface area (Å²) in [4.78, 5) is 0. The average molecular weight is 231 g/mol. The minimum Gasteiger partial charge on any atom is -0.241 e. The molecule has 0 spiro atoms. The Balaban J connectivity index is 2.15. The molecule has 0 aliphatic carbocycles. The van der Waals surface area contributed by atoms with Crippen LogP contribution in [0.2, 0.25) is 0 Å². The van der Waals surface area contributed by atoms with Gasteiger partial charge in [0.05, 0.1) is 5.69 Å². The van der Waals surface area contributed by atoms with E-state index in [1.165, 1.54) is 0 Å². The van der Waals surface area contributed by atoms with E-state index in [-0.39, 0.29) is 0 Å². The number of benzene rings is 1. The maximum absolute atomic E-state index is 5.55. The summed E-state index contributed by atoms with van der Waals surface area (Å²) in [6, 6.07) is 9.86. The Hall–Kier alpha value is -1.72. The molecule has 0 saturated carbocycles. The Morgan fingerprint density at radius 1 is 1.25 bits per heavy atom. The van der Waals surface area contributed by atoms with Crippen LogP contribution in [0.15, 0.2) is 42.7 Å². The van der Waals surface area contributed by atoms with E-state index in [2.05, 4.69) is 16.9 Å². The van der Waals surface area contributed by atoms with E-state index >= 15 is 0 Å². The number of hydrogen-bond donors (Lipinski definition) is 0. The zero-order valence-corrected chi connectivity index (χ0v) is 9.48. The van der Waals surface area contributed by atoms with Crippen LogP contribution in [0.4, 0.5) is 0 Å². The van der Waals surface area contributed by atoms with Gasteiger partial charge in [-0.3, -0.25) is 0 Å². The minimum absolute atomic E-state index is 0.582. The first kappa shape index (κ1) is 10.8. The summed E-state index contributed by atoms with van der Waals surface area (Å²) in [5.41, 5.74) is 2.04. The molecule has 0 N–H and O–H groups in total. The highest BCUT2D eigenvalue weighted by Gasteiger charge is 1.94. The number of hydrogen-bond acceptors (Lipinski definition) is 1. The lowest BCUT2D eigenvalue weighted by Gasteiger charge is -2.00. The van der Waals surface area contributed by atoms with Crippen molar-refractivity contribution in [2.24, 2.45) is 0 Å². The molecule has 2 aromatic rings. The van der Waals surface area contributed by atoms with E-state index in [0.717, 1.165) is 17.7 Å². The molecule has 80 valence electrons. The maximum atomic E-state index is 5.55. The first-order chi connectivity index (χ1) is 7.90. The van der Waals surface area contributed by atoms with Gasteiger partial charge in [0.1, 0.15) is 0 Å². The van der Waals surface area contributed by atoms with Crippen molar-refractivity contribution in [2.45, 2.75) is 6.42 Å². The van der Waals surface area contributed by atoms with E-state index < -0.39 is 0 Å². The smallest absolute Gasteiger partial charge is 0.0646 e. The van der Waals surface area contributed by atoms with Crippen LogP contribution >= 0.6 is 11.6 Å². The fourth-order valence-electron chi connectivity index (χ4n) is 1.33. The van der Waals surface area contributed by atoms with Crippen LogP contribution in [0.1, 0.15) is 12.0 Å². The minimum atomic E-state index is 0.582. The lowest BCUT2D eigenvalue weighted by Crippen LogP contribution is -1.93. The Morgan fingerprint density at radius 3 is 2.69 bits per heavy atom. The van der Waals surface area contributed by atoms with Crippen LogP contribution < -0.4 is 0 Å². The van der Waals surface area contributed by atoms with Gasteiger partial charge in [0.15, 0.2) is 0 Å². The third kappa shape index (κ3) is 2.65. The van der Waals surface area contributed by atoms with Crippen LogP contribution in [-0.2, 0) is 0 Å². The van der Waals surface area contributed by atoms with Gasteiger partial charge in [0.25, 0.3) is 0 Å². The molecule has 0 amide bonds. The quantitative estimate of drug-likeness (QED) is 0.573. The summed E-state index contributed by atoms with van der Waals surface area (Å²) in [6.07, 6.45) is 4.39. The van der Waals surface area contributed by atoms with Crippen LogP contribution in [0, 0.1) is 11.8 Å². The molecule has 0 aliphatic heterocycles. The standard InChI is InChI=1S/C13H11ClN2/c14-9-2-1-4-12-5-7-13(8-6-12)16-11-3-10-15-16/h3,5-8,10-11H,2,9H2. The third-order valence-electron chi connectivity index (χ3n) is 2.09. The first-order valence-electron chi connectivity index (χ1n) is 5.05. The van der Waals surface area contributed by atoms with E-state index in [1.54, 1.807) is 6.20 Å². The Bertz CT molecular complexity index is 489. The van der Waals surface area contributed by atoms with Gasteiger partial charge in [0.2, 0.25) is 0 Å². The highest BCUT2D eigenvalue weighted by Crippen LogP contribution is 2.07. The molecular weight excluding hydrogens is 220 g/mol. The lowest BCUT2D eigenvalue weighted by atomic mass is 10.2. The summed E-state index contributed by atoms with van der Waals surface area (Å²) in [6.45, 7) is 0. The highest BCUT2D eigenvalue weighted by molar-refractivity contribution is 6.18. The Morgan fingerprint density at radius 2 is 2.06 bits per heavy atom. The van der Waals surface area contributed by atoms with Gasteiger partial charge in [-0.15, -0.1) is 11.6 Å². The van der Waals surface area contributed by atoms with Crippen molar-refractivity contribution >= 4 is 11.6 Å². The molecular formula is C13H11ClN2. The second kappa shape index (κ2) is 5.39. The summed E-state index contributed by atoms with van der Waals surface area (Å²) >= 11 is 5.55. The van der Waals surface area contributed by atoms with Crippen LogP contribution in [0.5, 0.6) is 0 Å². The fraction of sp³-hybridized carbons (Fsp3) is 0.154. The van der Waals surface area contributed by atoms with Crippen LogP contribution in [0.25, 0.3) is 5.69 Å². The van der Waals surface area contributed by atoms with E-state index in [1.807, 2.05) is 41.2 Å². The van der Waals surface area contributed by atoms with Gasteiger partial charge in [0, 0.05) is 30.3 Å². The zero-order valence-electron chi connectivity index (χ0n) is 8.73. The van der Waals surface area contributed by atoms with Gasteiger partial charge in [-0.25, -0.2) is 4.68 Å². The molecule has 1 heterocycles. The molecule has 0 aliphatic rings. The molecule has 0 atom stereocenters. The predicted octanol–water partition coefficient (Wildman–Crippen LogP) is 2.85. The molecule has 16 heavy (non-hydrogen) atoms. The van der Waals surface area contributed by atoms with Crippen molar-refractivity contribution in [2.75, 3.05) is 5.88 Å². The van der Waals surface area contributed by atoms with Gasteiger partial charge < -0.3 is 0 Å². The number of rotatable bonds is 2. The van der Waals surface area contributed by atoms with Crippen molar-refractivity contribution in [3.8, 4) is 17.5 Å². The second-order valence-corrected chi connectivity index (χ2v) is 3.62.